The second kappa shape index (κ2) is 4.28. The van der Waals surface area contributed by atoms with Crippen LogP contribution in [0.25, 0.3) is 10.9 Å². The van der Waals surface area contributed by atoms with E-state index in [4.69, 9.17) is 5.11 Å². The van der Waals surface area contributed by atoms with Crippen LogP contribution in [0.15, 0.2) is 35.1 Å². The molecule has 1 aromatic carbocycles. The number of hydrogen-bond donors (Lipinski definition) is 2. The molecule has 1 heterocycles. The molecule has 0 radical (unpaired) electrons. The average molecular weight is 203 g/mol. The van der Waals surface area contributed by atoms with E-state index in [2.05, 4.69) is 4.98 Å². The van der Waals surface area contributed by atoms with Crippen LogP contribution in [-0.4, -0.2) is 16.7 Å². The van der Waals surface area contributed by atoms with Crippen LogP contribution >= 0.6 is 0 Å². The van der Waals surface area contributed by atoms with Crippen molar-refractivity contribution in [3.8, 4) is 0 Å². The van der Waals surface area contributed by atoms with Gasteiger partial charge in [0.15, 0.2) is 0 Å². The zero-order valence-corrected chi connectivity index (χ0v) is 8.36. The second-order valence-electron chi connectivity index (χ2n) is 3.57. The minimum absolute atomic E-state index is 0.0817. The highest BCUT2D eigenvalue weighted by Gasteiger charge is 1.97. The topological polar surface area (TPSA) is 53.1 Å². The molecule has 0 amide bonds. The van der Waals surface area contributed by atoms with Crippen LogP contribution in [0, 0.1) is 0 Å². The number of fused-ring (bicyclic) bond motifs is 1. The fourth-order valence-electron chi connectivity index (χ4n) is 1.64. The van der Waals surface area contributed by atoms with Crippen LogP contribution in [0.2, 0.25) is 0 Å². The van der Waals surface area contributed by atoms with Gasteiger partial charge in [-0.05, 0) is 35.9 Å². The summed E-state index contributed by atoms with van der Waals surface area (Å²) in [6, 6.07) is 9.31. The number of H-pyrrole nitrogens is 1. The maximum atomic E-state index is 11.1. The third kappa shape index (κ3) is 2.25. The van der Waals surface area contributed by atoms with Crippen molar-refractivity contribution >= 4 is 10.9 Å². The lowest BCUT2D eigenvalue weighted by molar-refractivity contribution is 0.288. The van der Waals surface area contributed by atoms with Gasteiger partial charge in [0.1, 0.15) is 0 Å². The van der Waals surface area contributed by atoms with E-state index in [0.29, 0.717) is 0 Å². The average Bonchev–Trinajstić information content (AvgIpc) is 2.25. The number of nitrogens with one attached hydrogen (secondary N) is 1. The number of benzene rings is 1. The molecule has 0 fully saturated rings. The summed E-state index contributed by atoms with van der Waals surface area (Å²) in [5.41, 5.74) is 1.91. The van der Waals surface area contributed by atoms with Gasteiger partial charge in [0.2, 0.25) is 5.56 Å². The van der Waals surface area contributed by atoms with Gasteiger partial charge in [-0.1, -0.05) is 12.1 Å². The Morgan fingerprint density at radius 1 is 1.20 bits per heavy atom. The third-order valence-electron chi connectivity index (χ3n) is 2.41. The van der Waals surface area contributed by atoms with Gasteiger partial charge >= 0.3 is 0 Å². The highest BCUT2D eigenvalue weighted by atomic mass is 16.2. The van der Waals surface area contributed by atoms with Gasteiger partial charge in [-0.15, -0.1) is 0 Å². The Hall–Kier alpha value is -1.61. The minimum Gasteiger partial charge on any atom is -0.396 e. The van der Waals surface area contributed by atoms with Gasteiger partial charge in [-0.25, -0.2) is 0 Å². The summed E-state index contributed by atoms with van der Waals surface area (Å²) in [7, 11) is 0. The molecule has 2 N–H and O–H groups in total. The lowest BCUT2D eigenvalue weighted by Gasteiger charge is -2.02. The SMILES string of the molecule is O=c1ccc2ccc(CCCO)cc2[nH]1. The van der Waals surface area contributed by atoms with Gasteiger partial charge < -0.3 is 10.1 Å². The van der Waals surface area contributed by atoms with Crippen LogP contribution in [0.5, 0.6) is 0 Å². The molecule has 15 heavy (non-hydrogen) atoms. The van der Waals surface area contributed by atoms with Crippen molar-refractivity contribution in [1.82, 2.24) is 4.98 Å². The van der Waals surface area contributed by atoms with E-state index in [1.54, 1.807) is 0 Å². The number of aryl methyl sites for hydroxylation is 1. The first-order chi connectivity index (χ1) is 7.29. The number of hydrogen-bond acceptors (Lipinski definition) is 2. The third-order valence-corrected chi connectivity index (χ3v) is 2.41. The first kappa shape index (κ1) is 9.93. The smallest absolute Gasteiger partial charge is 0.248 e. The standard InChI is InChI=1S/C12H13NO2/c14-7-1-2-9-3-4-10-5-6-12(15)13-11(10)8-9/h3-6,8,14H,1-2,7H2,(H,13,15). The fourth-order valence-corrected chi connectivity index (χ4v) is 1.64. The number of aromatic amines is 1. The molecule has 0 saturated heterocycles. The molecule has 0 unspecified atom stereocenters. The molecule has 0 bridgehead atoms. The van der Waals surface area contributed by atoms with Crippen LogP contribution in [0.3, 0.4) is 0 Å². The lowest BCUT2D eigenvalue weighted by Crippen LogP contribution is -2.02. The molecule has 0 atom stereocenters. The van der Waals surface area contributed by atoms with Crippen molar-refractivity contribution in [3.05, 3.63) is 46.2 Å². The molecule has 0 aliphatic rings. The largest absolute Gasteiger partial charge is 0.396 e. The second-order valence-corrected chi connectivity index (χ2v) is 3.57. The summed E-state index contributed by atoms with van der Waals surface area (Å²) < 4.78 is 0. The van der Waals surface area contributed by atoms with Crippen molar-refractivity contribution in [2.75, 3.05) is 6.61 Å². The molecule has 0 saturated carbocycles. The van der Waals surface area contributed by atoms with Gasteiger partial charge in [0.05, 0.1) is 0 Å². The molecule has 3 nitrogen and oxygen atoms in total. The molecule has 2 rings (SSSR count). The molecule has 78 valence electrons. The summed E-state index contributed by atoms with van der Waals surface area (Å²) >= 11 is 0. The van der Waals surface area contributed by atoms with Crippen molar-refractivity contribution in [1.29, 1.82) is 0 Å². The number of pyridine rings is 1. The highest BCUT2D eigenvalue weighted by molar-refractivity contribution is 5.78. The Bertz CT molecular complexity index is 516. The molecular formula is C12H13NO2. The monoisotopic (exact) mass is 203 g/mol. The minimum atomic E-state index is -0.0817. The number of rotatable bonds is 3. The molecule has 0 spiro atoms. The molecule has 3 heteroatoms. The van der Waals surface area contributed by atoms with Crippen molar-refractivity contribution in [2.24, 2.45) is 0 Å². The molecule has 1 aromatic heterocycles. The Kier molecular flexibility index (Phi) is 2.83. The normalized spacial score (nSPS) is 10.7. The van der Waals surface area contributed by atoms with Crippen LogP contribution in [0.1, 0.15) is 12.0 Å². The van der Waals surface area contributed by atoms with Crippen molar-refractivity contribution in [2.45, 2.75) is 12.8 Å². The van der Waals surface area contributed by atoms with E-state index in [1.165, 1.54) is 6.07 Å². The van der Waals surface area contributed by atoms with Crippen molar-refractivity contribution < 1.29 is 5.11 Å². The van der Waals surface area contributed by atoms with Crippen LogP contribution in [0.4, 0.5) is 0 Å². The Morgan fingerprint density at radius 2 is 2.00 bits per heavy atom. The van der Waals surface area contributed by atoms with E-state index in [9.17, 15) is 4.79 Å². The lowest BCUT2D eigenvalue weighted by atomic mass is 10.1. The van der Waals surface area contributed by atoms with Crippen LogP contribution in [-0.2, 0) is 6.42 Å². The molecule has 0 aliphatic carbocycles. The van der Waals surface area contributed by atoms with Gasteiger partial charge in [0, 0.05) is 18.2 Å². The van der Waals surface area contributed by atoms with E-state index < -0.39 is 0 Å². The summed E-state index contributed by atoms with van der Waals surface area (Å²) in [6.07, 6.45) is 1.59. The molecular weight excluding hydrogens is 190 g/mol. The number of aromatic nitrogens is 1. The molecule has 0 aliphatic heterocycles. The van der Waals surface area contributed by atoms with Gasteiger partial charge in [0.25, 0.3) is 0 Å². The van der Waals surface area contributed by atoms with E-state index in [0.717, 1.165) is 29.3 Å². The van der Waals surface area contributed by atoms with Gasteiger partial charge in [-0.3, -0.25) is 4.79 Å². The number of aliphatic hydroxyl groups is 1. The van der Waals surface area contributed by atoms with E-state index in [1.807, 2.05) is 24.3 Å². The summed E-state index contributed by atoms with van der Waals surface area (Å²) in [5, 5.41) is 9.76. The predicted molar refractivity (Wildman–Crippen MR) is 60.0 cm³/mol. The Morgan fingerprint density at radius 3 is 2.80 bits per heavy atom. The van der Waals surface area contributed by atoms with E-state index in [-0.39, 0.29) is 12.2 Å². The first-order valence-electron chi connectivity index (χ1n) is 5.02. The highest BCUT2D eigenvalue weighted by Crippen LogP contribution is 2.13. The zero-order chi connectivity index (χ0) is 10.7. The Labute approximate surface area is 87.4 Å². The van der Waals surface area contributed by atoms with Gasteiger partial charge in [-0.2, -0.15) is 0 Å². The summed E-state index contributed by atoms with van der Waals surface area (Å²) in [4.78, 5) is 13.9. The number of aliphatic hydroxyl groups excluding tert-OH is 1. The maximum Gasteiger partial charge on any atom is 0.248 e. The van der Waals surface area contributed by atoms with Crippen LogP contribution < -0.4 is 5.56 Å². The summed E-state index contributed by atoms with van der Waals surface area (Å²) in [6.45, 7) is 0.198. The Balaban J connectivity index is 2.40. The molecule has 2 aromatic rings. The summed E-state index contributed by atoms with van der Waals surface area (Å²) in [5.74, 6) is 0. The quantitative estimate of drug-likeness (QED) is 0.793. The fraction of sp³-hybridized carbons (Fsp3) is 0.250. The zero-order valence-electron chi connectivity index (χ0n) is 8.36. The predicted octanol–water partition coefficient (Wildman–Crippen LogP) is 1.45. The maximum absolute atomic E-state index is 11.1. The van der Waals surface area contributed by atoms with E-state index >= 15 is 0 Å². The first-order valence-corrected chi connectivity index (χ1v) is 5.02. The van der Waals surface area contributed by atoms with Crippen molar-refractivity contribution in [3.63, 3.8) is 0 Å².